The molecule has 0 spiro atoms. The Hall–Kier alpha value is -3.65. The third-order valence-corrected chi connectivity index (χ3v) is 7.48. The molecule has 0 bridgehead atoms. The molecule has 3 rings (SSSR count). The lowest BCUT2D eigenvalue weighted by atomic mass is 9.87. The van der Waals surface area contributed by atoms with Crippen molar-refractivity contribution < 1.29 is 18.0 Å². The van der Waals surface area contributed by atoms with Crippen molar-refractivity contribution in [3.8, 4) is 0 Å². The molecule has 0 radical (unpaired) electrons. The van der Waals surface area contributed by atoms with Gasteiger partial charge in [0.2, 0.25) is 15.9 Å². The molecule has 0 saturated heterocycles. The van der Waals surface area contributed by atoms with Crippen molar-refractivity contribution in [1.82, 2.24) is 0 Å². The quantitative estimate of drug-likeness (QED) is 0.420. The van der Waals surface area contributed by atoms with Gasteiger partial charge >= 0.3 is 0 Å². The zero-order chi connectivity index (χ0) is 27.5. The van der Waals surface area contributed by atoms with Crippen molar-refractivity contribution >= 4 is 38.9 Å². The number of anilines is 3. The van der Waals surface area contributed by atoms with Crippen LogP contribution in [0.2, 0.25) is 0 Å². The van der Waals surface area contributed by atoms with Crippen LogP contribution in [0.4, 0.5) is 17.1 Å². The SMILES string of the molecule is Cc1ccc(N([C@@H](C)C(=O)Nc2cccc(NC(=O)c3ccc(C(C)(C)C)cc3)c2)S(C)(=O)=O)cc1C. The van der Waals surface area contributed by atoms with E-state index in [-0.39, 0.29) is 11.3 Å². The molecule has 0 aliphatic carbocycles. The molecule has 8 heteroatoms. The van der Waals surface area contributed by atoms with Crippen molar-refractivity contribution in [2.75, 3.05) is 21.2 Å². The summed E-state index contributed by atoms with van der Waals surface area (Å²) >= 11 is 0. The number of nitrogens with one attached hydrogen (secondary N) is 2. The van der Waals surface area contributed by atoms with Gasteiger partial charge in [0.15, 0.2) is 0 Å². The van der Waals surface area contributed by atoms with Gasteiger partial charge in [0, 0.05) is 16.9 Å². The number of hydrogen-bond acceptors (Lipinski definition) is 4. The third kappa shape index (κ3) is 6.98. The average Bonchev–Trinajstić information content (AvgIpc) is 2.80. The van der Waals surface area contributed by atoms with Gasteiger partial charge in [-0.25, -0.2) is 8.42 Å². The molecule has 0 fully saturated rings. The molecule has 0 aromatic heterocycles. The summed E-state index contributed by atoms with van der Waals surface area (Å²) in [6.45, 7) is 11.7. The molecule has 0 aliphatic rings. The Bertz CT molecular complexity index is 1410. The topological polar surface area (TPSA) is 95.6 Å². The predicted octanol–water partition coefficient (Wildman–Crippen LogP) is 5.65. The second-order valence-corrected chi connectivity index (χ2v) is 12.2. The van der Waals surface area contributed by atoms with Crippen LogP contribution in [0.1, 0.15) is 54.7 Å². The molecular weight excluding hydrogens is 486 g/mol. The number of benzene rings is 3. The van der Waals surface area contributed by atoms with Gasteiger partial charge in [0.05, 0.1) is 11.9 Å². The zero-order valence-electron chi connectivity index (χ0n) is 22.4. The van der Waals surface area contributed by atoms with Gasteiger partial charge in [-0.15, -0.1) is 0 Å². The standard InChI is InChI=1S/C29H35N3O4S/c1-19-11-16-26(17-20(19)2)32(37(7,35)36)21(3)27(33)30-24-9-8-10-25(18-24)31-28(34)22-12-14-23(15-13-22)29(4,5)6/h8-18,21H,1-7H3,(H,30,33)(H,31,34)/t21-/m0/s1. The number of rotatable bonds is 7. The number of hydrogen-bond donors (Lipinski definition) is 2. The Morgan fingerprint density at radius 2 is 1.43 bits per heavy atom. The van der Waals surface area contributed by atoms with Gasteiger partial charge in [-0.2, -0.15) is 0 Å². The highest BCUT2D eigenvalue weighted by atomic mass is 32.2. The van der Waals surface area contributed by atoms with Crippen LogP contribution in [0, 0.1) is 13.8 Å². The van der Waals surface area contributed by atoms with Gasteiger partial charge in [-0.05, 0) is 85.3 Å². The molecule has 7 nitrogen and oxygen atoms in total. The smallest absolute Gasteiger partial charge is 0.255 e. The van der Waals surface area contributed by atoms with Crippen LogP contribution in [-0.2, 0) is 20.2 Å². The predicted molar refractivity (Wildman–Crippen MR) is 151 cm³/mol. The van der Waals surface area contributed by atoms with E-state index in [0.717, 1.165) is 27.3 Å². The largest absolute Gasteiger partial charge is 0.324 e. The van der Waals surface area contributed by atoms with Gasteiger partial charge in [0.25, 0.3) is 5.91 Å². The first kappa shape index (κ1) is 27.9. The van der Waals surface area contributed by atoms with E-state index in [2.05, 4.69) is 31.4 Å². The molecule has 2 N–H and O–H groups in total. The molecule has 0 aliphatic heterocycles. The Morgan fingerprint density at radius 3 is 1.97 bits per heavy atom. The van der Waals surface area contributed by atoms with Crippen molar-refractivity contribution in [3.63, 3.8) is 0 Å². The monoisotopic (exact) mass is 521 g/mol. The maximum absolute atomic E-state index is 13.1. The number of carbonyl (C=O) groups is 2. The normalized spacial score (nSPS) is 12.5. The van der Waals surface area contributed by atoms with E-state index in [1.54, 1.807) is 55.5 Å². The number of carbonyl (C=O) groups excluding carboxylic acids is 2. The van der Waals surface area contributed by atoms with Crippen molar-refractivity contribution in [3.05, 3.63) is 89.0 Å². The molecule has 3 aromatic rings. The Labute approximate surface area is 220 Å². The summed E-state index contributed by atoms with van der Waals surface area (Å²) < 4.78 is 26.3. The highest BCUT2D eigenvalue weighted by molar-refractivity contribution is 7.92. The lowest BCUT2D eigenvalue weighted by Gasteiger charge is -2.28. The summed E-state index contributed by atoms with van der Waals surface area (Å²) in [6.07, 6.45) is 1.08. The van der Waals surface area contributed by atoms with E-state index in [4.69, 9.17) is 0 Å². The molecule has 0 unspecified atom stereocenters. The van der Waals surface area contributed by atoms with Gasteiger partial charge in [-0.1, -0.05) is 45.0 Å². The van der Waals surface area contributed by atoms with Crippen molar-refractivity contribution in [2.45, 2.75) is 53.0 Å². The van der Waals surface area contributed by atoms with Gasteiger partial charge in [0.1, 0.15) is 6.04 Å². The number of amides is 2. The fraction of sp³-hybridized carbons (Fsp3) is 0.310. The van der Waals surface area contributed by atoms with E-state index in [9.17, 15) is 18.0 Å². The first-order valence-electron chi connectivity index (χ1n) is 12.1. The number of nitrogens with zero attached hydrogens (tertiary/aromatic N) is 1. The summed E-state index contributed by atoms with van der Waals surface area (Å²) in [6, 6.07) is 18.5. The molecule has 0 saturated carbocycles. The van der Waals surface area contributed by atoms with Crippen LogP contribution < -0.4 is 14.9 Å². The minimum atomic E-state index is -3.74. The van der Waals surface area contributed by atoms with E-state index in [1.807, 2.05) is 32.0 Å². The lowest BCUT2D eigenvalue weighted by Crippen LogP contribution is -2.45. The molecule has 0 heterocycles. The van der Waals surface area contributed by atoms with Gasteiger partial charge < -0.3 is 10.6 Å². The average molecular weight is 522 g/mol. The van der Waals surface area contributed by atoms with Crippen molar-refractivity contribution in [1.29, 1.82) is 0 Å². The maximum Gasteiger partial charge on any atom is 0.255 e. The Morgan fingerprint density at radius 1 is 0.838 bits per heavy atom. The maximum atomic E-state index is 13.1. The fourth-order valence-corrected chi connectivity index (χ4v) is 5.08. The van der Waals surface area contributed by atoms with E-state index < -0.39 is 22.0 Å². The second-order valence-electron chi connectivity index (χ2n) is 10.4. The first-order chi connectivity index (χ1) is 17.2. The molecule has 2 amide bonds. The summed E-state index contributed by atoms with van der Waals surface area (Å²) in [7, 11) is -3.74. The van der Waals surface area contributed by atoms with Gasteiger partial charge in [-0.3, -0.25) is 13.9 Å². The molecule has 37 heavy (non-hydrogen) atoms. The van der Waals surface area contributed by atoms with E-state index in [1.165, 1.54) is 0 Å². The minimum Gasteiger partial charge on any atom is -0.324 e. The van der Waals surface area contributed by atoms with E-state index >= 15 is 0 Å². The van der Waals surface area contributed by atoms with Crippen molar-refractivity contribution in [2.24, 2.45) is 0 Å². The highest BCUT2D eigenvalue weighted by Gasteiger charge is 2.29. The Balaban J connectivity index is 1.75. The number of sulfonamides is 1. The third-order valence-electron chi connectivity index (χ3n) is 6.23. The highest BCUT2D eigenvalue weighted by Crippen LogP contribution is 2.25. The summed E-state index contributed by atoms with van der Waals surface area (Å²) in [5.41, 5.74) is 4.96. The molecule has 3 aromatic carbocycles. The Kier molecular flexibility index (Phi) is 8.12. The lowest BCUT2D eigenvalue weighted by molar-refractivity contribution is -0.116. The minimum absolute atomic E-state index is 0.0103. The van der Waals surface area contributed by atoms with Crippen LogP contribution in [0.15, 0.2) is 66.7 Å². The first-order valence-corrected chi connectivity index (χ1v) is 13.9. The van der Waals surface area contributed by atoms with E-state index in [0.29, 0.717) is 22.6 Å². The zero-order valence-corrected chi connectivity index (χ0v) is 23.2. The fourth-order valence-electron chi connectivity index (χ4n) is 3.92. The van der Waals surface area contributed by atoms with Crippen LogP contribution in [0.5, 0.6) is 0 Å². The number of aryl methyl sites for hydroxylation is 2. The summed E-state index contributed by atoms with van der Waals surface area (Å²) in [5.74, 6) is -0.764. The van der Waals surface area contributed by atoms with Crippen LogP contribution in [0.3, 0.4) is 0 Å². The van der Waals surface area contributed by atoms with Crippen LogP contribution >= 0.6 is 0 Å². The van der Waals surface area contributed by atoms with Crippen LogP contribution in [-0.4, -0.2) is 32.5 Å². The molecule has 196 valence electrons. The molecular formula is C29H35N3O4S. The summed E-state index contributed by atoms with van der Waals surface area (Å²) in [5, 5.41) is 5.62. The summed E-state index contributed by atoms with van der Waals surface area (Å²) in [4.78, 5) is 25.8. The molecule has 1 atom stereocenters. The van der Waals surface area contributed by atoms with Crippen LogP contribution in [0.25, 0.3) is 0 Å². The second kappa shape index (κ2) is 10.8.